The van der Waals surface area contributed by atoms with Crippen LogP contribution in [0.2, 0.25) is 0 Å². The lowest BCUT2D eigenvalue weighted by Gasteiger charge is -2.19. The molecule has 0 fully saturated rings. The Balaban J connectivity index is 1.85. The maximum atomic E-state index is 12.7. The number of hydrogen-bond acceptors (Lipinski definition) is 6. The van der Waals surface area contributed by atoms with Crippen molar-refractivity contribution in [2.75, 3.05) is 24.4 Å². The van der Waals surface area contributed by atoms with E-state index in [4.69, 9.17) is 4.74 Å². The number of aryl methyl sites for hydroxylation is 1. The van der Waals surface area contributed by atoms with Gasteiger partial charge in [0.2, 0.25) is 0 Å². The predicted molar refractivity (Wildman–Crippen MR) is 107 cm³/mol. The Labute approximate surface area is 163 Å². The maximum absolute atomic E-state index is 12.7. The molecular weight excluding hydrogens is 356 g/mol. The first-order chi connectivity index (χ1) is 13.5. The first kappa shape index (κ1) is 19.0. The van der Waals surface area contributed by atoms with Gasteiger partial charge in [-0.25, -0.2) is 14.8 Å². The molecule has 1 amide bonds. The quantitative estimate of drug-likeness (QED) is 0.685. The molecule has 0 saturated heterocycles. The van der Waals surface area contributed by atoms with Gasteiger partial charge in [0.25, 0.3) is 5.91 Å². The fourth-order valence-corrected chi connectivity index (χ4v) is 2.66. The molecule has 7 nitrogen and oxygen atoms in total. The van der Waals surface area contributed by atoms with Crippen LogP contribution in [0.4, 0.5) is 17.2 Å². The third-order valence-electron chi connectivity index (χ3n) is 4.09. The van der Waals surface area contributed by atoms with E-state index < -0.39 is 11.9 Å². The summed E-state index contributed by atoms with van der Waals surface area (Å²) in [7, 11) is 3.18. The first-order valence-corrected chi connectivity index (χ1v) is 8.62. The Bertz CT molecular complexity index is 1010. The second-order valence-corrected chi connectivity index (χ2v) is 6.08. The van der Waals surface area contributed by atoms with E-state index in [9.17, 15) is 9.59 Å². The number of methoxy groups -OCH3 is 1. The molecule has 142 valence electrons. The van der Waals surface area contributed by atoms with Gasteiger partial charge in [0.05, 0.1) is 12.7 Å². The number of nitrogens with zero attached hydrogens (tertiary/aromatic N) is 3. The van der Waals surface area contributed by atoms with Crippen molar-refractivity contribution >= 4 is 29.1 Å². The highest BCUT2D eigenvalue weighted by molar-refractivity contribution is 6.04. The summed E-state index contributed by atoms with van der Waals surface area (Å²) in [5.74, 6) is 0.219. The van der Waals surface area contributed by atoms with Gasteiger partial charge in [-0.1, -0.05) is 24.3 Å². The molecule has 0 bridgehead atoms. The number of ether oxygens (including phenoxy) is 1. The molecule has 1 aromatic heterocycles. The molecule has 2 aromatic carbocycles. The van der Waals surface area contributed by atoms with Crippen molar-refractivity contribution in [1.29, 1.82) is 0 Å². The van der Waals surface area contributed by atoms with E-state index in [-0.39, 0.29) is 5.69 Å². The van der Waals surface area contributed by atoms with Crippen LogP contribution in [0.15, 0.2) is 60.7 Å². The zero-order valence-corrected chi connectivity index (χ0v) is 15.8. The number of benzene rings is 2. The van der Waals surface area contributed by atoms with Crippen LogP contribution in [-0.4, -0.2) is 36.0 Å². The van der Waals surface area contributed by atoms with Gasteiger partial charge in [0, 0.05) is 24.5 Å². The molecule has 0 aliphatic rings. The van der Waals surface area contributed by atoms with Crippen molar-refractivity contribution < 1.29 is 14.3 Å². The number of amides is 1. The van der Waals surface area contributed by atoms with Crippen molar-refractivity contribution in [2.24, 2.45) is 0 Å². The van der Waals surface area contributed by atoms with Crippen molar-refractivity contribution in [2.45, 2.75) is 6.92 Å². The minimum absolute atomic E-state index is 0.230. The third kappa shape index (κ3) is 4.32. The number of aromatic nitrogens is 2. The summed E-state index contributed by atoms with van der Waals surface area (Å²) in [6.07, 6.45) is 0. The van der Waals surface area contributed by atoms with Crippen molar-refractivity contribution in [3.63, 3.8) is 0 Å². The highest BCUT2D eigenvalue weighted by Crippen LogP contribution is 2.22. The molecule has 0 aliphatic heterocycles. The van der Waals surface area contributed by atoms with Gasteiger partial charge >= 0.3 is 5.97 Å². The van der Waals surface area contributed by atoms with Gasteiger partial charge in [-0.3, -0.25) is 4.79 Å². The SMILES string of the molecule is COC(=O)c1cccc(NC(=O)c2cc(N(C)c3ccccc3)nc(C)n2)c1. The van der Waals surface area contributed by atoms with Crippen LogP contribution >= 0.6 is 0 Å². The predicted octanol–water partition coefficient (Wildman–Crippen LogP) is 3.59. The summed E-state index contributed by atoms with van der Waals surface area (Å²) in [5.41, 5.74) is 2.00. The second kappa shape index (κ2) is 8.30. The molecule has 3 rings (SSSR count). The van der Waals surface area contributed by atoms with Crippen LogP contribution in [-0.2, 0) is 4.74 Å². The van der Waals surface area contributed by atoms with E-state index in [1.165, 1.54) is 7.11 Å². The number of carbonyl (C=O) groups is 2. The topological polar surface area (TPSA) is 84.4 Å². The van der Waals surface area contributed by atoms with Crippen molar-refractivity contribution in [3.8, 4) is 0 Å². The summed E-state index contributed by atoms with van der Waals surface area (Å²) in [4.78, 5) is 34.9. The number of para-hydroxylation sites is 1. The van der Waals surface area contributed by atoms with Gasteiger partial charge in [-0.05, 0) is 37.3 Å². The third-order valence-corrected chi connectivity index (χ3v) is 4.09. The fourth-order valence-electron chi connectivity index (χ4n) is 2.66. The van der Waals surface area contributed by atoms with Gasteiger partial charge in [-0.15, -0.1) is 0 Å². The summed E-state index contributed by atoms with van der Waals surface area (Å²) in [6.45, 7) is 1.73. The number of rotatable bonds is 5. The van der Waals surface area contributed by atoms with E-state index in [2.05, 4.69) is 15.3 Å². The maximum Gasteiger partial charge on any atom is 0.337 e. The lowest BCUT2D eigenvalue weighted by molar-refractivity contribution is 0.0600. The molecule has 7 heteroatoms. The number of esters is 1. The molecule has 0 aliphatic carbocycles. The zero-order chi connectivity index (χ0) is 20.1. The highest BCUT2D eigenvalue weighted by atomic mass is 16.5. The minimum atomic E-state index is -0.472. The van der Waals surface area contributed by atoms with Gasteiger partial charge in [-0.2, -0.15) is 0 Å². The largest absolute Gasteiger partial charge is 0.465 e. The van der Waals surface area contributed by atoms with Gasteiger partial charge in [0.15, 0.2) is 0 Å². The summed E-state index contributed by atoms with van der Waals surface area (Å²) >= 11 is 0. The van der Waals surface area contributed by atoms with E-state index in [1.54, 1.807) is 37.3 Å². The summed E-state index contributed by atoms with van der Waals surface area (Å²) in [5, 5.41) is 2.76. The van der Waals surface area contributed by atoms with Crippen LogP contribution < -0.4 is 10.2 Å². The second-order valence-electron chi connectivity index (χ2n) is 6.08. The van der Waals surface area contributed by atoms with Crippen molar-refractivity contribution in [3.05, 3.63) is 77.7 Å². The van der Waals surface area contributed by atoms with E-state index in [1.807, 2.05) is 42.3 Å². The first-order valence-electron chi connectivity index (χ1n) is 8.62. The summed E-state index contributed by atoms with van der Waals surface area (Å²) < 4.78 is 4.70. The van der Waals surface area contributed by atoms with Crippen LogP contribution in [0.1, 0.15) is 26.7 Å². The van der Waals surface area contributed by atoms with Crippen LogP contribution in [0.5, 0.6) is 0 Å². The minimum Gasteiger partial charge on any atom is -0.465 e. The molecule has 3 aromatic rings. The standard InChI is InChI=1S/C21H20N4O3/c1-14-22-18(13-19(23-14)25(2)17-10-5-4-6-11-17)20(26)24-16-9-7-8-15(12-16)21(27)28-3/h4-13H,1-3H3,(H,24,26). The summed E-state index contributed by atoms with van der Waals surface area (Å²) in [6, 6.07) is 17.9. The van der Waals surface area contributed by atoms with E-state index >= 15 is 0 Å². The molecule has 1 N–H and O–H groups in total. The Morgan fingerprint density at radius 3 is 2.46 bits per heavy atom. The number of carbonyl (C=O) groups excluding carboxylic acids is 2. The van der Waals surface area contributed by atoms with Gasteiger partial charge < -0.3 is 15.0 Å². The lowest BCUT2D eigenvalue weighted by atomic mass is 10.2. The lowest BCUT2D eigenvalue weighted by Crippen LogP contribution is -2.18. The molecule has 0 spiro atoms. The molecule has 28 heavy (non-hydrogen) atoms. The number of hydrogen-bond donors (Lipinski definition) is 1. The molecule has 1 heterocycles. The highest BCUT2D eigenvalue weighted by Gasteiger charge is 2.15. The Kier molecular flexibility index (Phi) is 5.64. The molecule has 0 radical (unpaired) electrons. The average Bonchev–Trinajstić information content (AvgIpc) is 2.73. The fraction of sp³-hybridized carbons (Fsp3) is 0.143. The zero-order valence-electron chi connectivity index (χ0n) is 15.8. The van der Waals surface area contributed by atoms with E-state index in [0.29, 0.717) is 22.9 Å². The molecule has 0 unspecified atom stereocenters. The average molecular weight is 376 g/mol. The van der Waals surface area contributed by atoms with Crippen LogP contribution in [0.25, 0.3) is 0 Å². The monoisotopic (exact) mass is 376 g/mol. The van der Waals surface area contributed by atoms with E-state index in [0.717, 1.165) is 5.69 Å². The smallest absolute Gasteiger partial charge is 0.337 e. The van der Waals surface area contributed by atoms with Crippen LogP contribution in [0.3, 0.4) is 0 Å². The Morgan fingerprint density at radius 2 is 1.75 bits per heavy atom. The Hall–Kier alpha value is -3.74. The number of nitrogens with one attached hydrogen (secondary N) is 1. The Morgan fingerprint density at radius 1 is 1.00 bits per heavy atom. The molecule has 0 atom stereocenters. The van der Waals surface area contributed by atoms with Gasteiger partial charge in [0.1, 0.15) is 17.3 Å². The number of anilines is 3. The normalized spacial score (nSPS) is 10.2. The molecule has 0 saturated carbocycles. The van der Waals surface area contributed by atoms with Crippen LogP contribution in [0, 0.1) is 6.92 Å². The van der Waals surface area contributed by atoms with Crippen molar-refractivity contribution in [1.82, 2.24) is 9.97 Å². The molecular formula is C21H20N4O3.